The largest absolute Gasteiger partial charge is 0.484 e. The number of alkyl halides is 3. The highest BCUT2D eigenvalue weighted by molar-refractivity contribution is 5.91. The molecule has 0 saturated heterocycles. The molecule has 10 heteroatoms. The zero-order valence-corrected chi connectivity index (χ0v) is 15.8. The van der Waals surface area contributed by atoms with Crippen LogP contribution in [0.25, 0.3) is 0 Å². The minimum absolute atomic E-state index is 0.0266. The molecule has 3 rings (SSSR count). The number of amides is 1. The zero-order valence-electron chi connectivity index (χ0n) is 15.8. The monoisotopic (exact) mass is 408 g/mol. The van der Waals surface area contributed by atoms with E-state index in [1.807, 2.05) is 17.7 Å². The van der Waals surface area contributed by atoms with E-state index in [9.17, 15) is 18.0 Å². The first-order chi connectivity index (χ1) is 13.7. The summed E-state index contributed by atoms with van der Waals surface area (Å²) in [7, 11) is 1.64. The number of halogens is 3. The summed E-state index contributed by atoms with van der Waals surface area (Å²) in [5.74, 6) is 0.626. The summed E-state index contributed by atoms with van der Waals surface area (Å²) >= 11 is 0. The zero-order chi connectivity index (χ0) is 21.0. The van der Waals surface area contributed by atoms with Gasteiger partial charge in [0.15, 0.2) is 12.3 Å². The van der Waals surface area contributed by atoms with Crippen molar-refractivity contribution in [3.05, 3.63) is 65.9 Å². The van der Waals surface area contributed by atoms with E-state index < -0.39 is 11.7 Å². The van der Waals surface area contributed by atoms with Gasteiger partial charge in [0.05, 0.1) is 5.56 Å². The van der Waals surface area contributed by atoms with Crippen molar-refractivity contribution in [2.75, 3.05) is 13.6 Å². The summed E-state index contributed by atoms with van der Waals surface area (Å²) in [6.07, 6.45) is 0.256. The number of imidazole rings is 1. The van der Waals surface area contributed by atoms with Crippen molar-refractivity contribution in [1.29, 1.82) is 0 Å². The molecule has 2 heterocycles. The van der Waals surface area contributed by atoms with Gasteiger partial charge in [-0.3, -0.25) is 4.79 Å². The minimum Gasteiger partial charge on any atom is -0.484 e. The molecule has 29 heavy (non-hydrogen) atoms. The molecular formula is C19H19F3N4O3. The van der Waals surface area contributed by atoms with E-state index in [1.54, 1.807) is 13.2 Å². The molecule has 0 aliphatic rings. The third-order valence-electron chi connectivity index (χ3n) is 4.24. The van der Waals surface area contributed by atoms with Crippen LogP contribution in [-0.4, -0.2) is 38.9 Å². The van der Waals surface area contributed by atoms with Crippen LogP contribution in [0.3, 0.4) is 0 Å². The molecule has 3 aromatic rings. The van der Waals surface area contributed by atoms with E-state index in [0.717, 1.165) is 18.0 Å². The maximum Gasteiger partial charge on any atom is 0.416 e. The second-order valence-electron chi connectivity index (χ2n) is 6.34. The fraction of sp³-hybridized carbons (Fsp3) is 0.316. The van der Waals surface area contributed by atoms with Gasteiger partial charge < -0.3 is 18.6 Å². The number of oxazole rings is 1. The number of ether oxygens (including phenoxy) is 1. The number of benzene rings is 1. The molecule has 0 fully saturated rings. The third kappa shape index (κ3) is 5.15. The smallest absolute Gasteiger partial charge is 0.416 e. The van der Waals surface area contributed by atoms with Gasteiger partial charge in [0.25, 0.3) is 5.91 Å². The second kappa shape index (κ2) is 8.38. The molecule has 0 unspecified atom stereocenters. The van der Waals surface area contributed by atoms with Crippen molar-refractivity contribution < 1.29 is 27.1 Å². The lowest BCUT2D eigenvalue weighted by molar-refractivity contribution is -0.137. The van der Waals surface area contributed by atoms with Crippen LogP contribution in [0.1, 0.15) is 27.8 Å². The topological polar surface area (TPSA) is 73.4 Å². The van der Waals surface area contributed by atoms with Crippen molar-refractivity contribution in [2.45, 2.75) is 26.3 Å². The summed E-state index contributed by atoms with van der Waals surface area (Å²) in [4.78, 5) is 22.1. The van der Waals surface area contributed by atoms with Gasteiger partial charge in [-0.05, 0) is 25.1 Å². The molecule has 0 atom stereocenters. The SMILES string of the molecule is Cc1nccn1CCN(C)C(=O)c1coc(COc2cccc(C(F)(F)F)c2)n1. The molecular weight excluding hydrogens is 389 g/mol. The maximum absolute atomic E-state index is 12.7. The number of aryl methyl sites for hydroxylation is 1. The van der Waals surface area contributed by atoms with E-state index in [2.05, 4.69) is 9.97 Å². The van der Waals surface area contributed by atoms with Gasteiger partial charge in [-0.25, -0.2) is 9.97 Å². The number of carbonyl (C=O) groups excluding carboxylic acids is 1. The molecule has 0 bridgehead atoms. The number of hydrogen-bond donors (Lipinski definition) is 0. The van der Waals surface area contributed by atoms with E-state index in [4.69, 9.17) is 9.15 Å². The Bertz CT molecular complexity index is 981. The number of nitrogens with zero attached hydrogens (tertiary/aromatic N) is 4. The van der Waals surface area contributed by atoms with Gasteiger partial charge in [0.1, 0.15) is 17.8 Å². The molecule has 0 N–H and O–H groups in total. The average Bonchev–Trinajstić information content (AvgIpc) is 3.32. The van der Waals surface area contributed by atoms with Gasteiger partial charge in [-0.2, -0.15) is 13.2 Å². The molecule has 0 aliphatic carbocycles. The Balaban J connectivity index is 1.56. The summed E-state index contributed by atoms with van der Waals surface area (Å²) in [6.45, 7) is 2.69. The van der Waals surface area contributed by atoms with E-state index in [-0.39, 0.29) is 29.8 Å². The Labute approximate surface area is 164 Å². The van der Waals surface area contributed by atoms with Crippen LogP contribution in [0.2, 0.25) is 0 Å². The lowest BCUT2D eigenvalue weighted by atomic mass is 10.2. The Kier molecular flexibility index (Phi) is 5.90. The predicted octanol–water partition coefficient (Wildman–Crippen LogP) is 3.55. The predicted molar refractivity (Wildman–Crippen MR) is 96.2 cm³/mol. The van der Waals surface area contributed by atoms with Gasteiger partial charge in [0.2, 0.25) is 5.89 Å². The van der Waals surface area contributed by atoms with Crippen LogP contribution in [0.15, 0.2) is 47.3 Å². The lowest BCUT2D eigenvalue weighted by Crippen LogP contribution is -2.30. The highest BCUT2D eigenvalue weighted by atomic mass is 19.4. The lowest BCUT2D eigenvalue weighted by Gasteiger charge is -2.16. The summed E-state index contributed by atoms with van der Waals surface area (Å²) in [6, 6.07) is 4.49. The molecule has 0 saturated carbocycles. The first kappa shape index (κ1) is 20.4. The average molecular weight is 408 g/mol. The summed E-state index contributed by atoms with van der Waals surface area (Å²) < 4.78 is 50.6. The fourth-order valence-corrected chi connectivity index (χ4v) is 2.58. The molecule has 2 aromatic heterocycles. The van der Waals surface area contributed by atoms with E-state index in [0.29, 0.717) is 13.1 Å². The molecule has 1 amide bonds. The highest BCUT2D eigenvalue weighted by Crippen LogP contribution is 2.31. The number of hydrogen-bond acceptors (Lipinski definition) is 5. The molecule has 0 spiro atoms. The Morgan fingerprint density at radius 2 is 2.14 bits per heavy atom. The van der Waals surface area contributed by atoms with Gasteiger partial charge in [-0.15, -0.1) is 0 Å². The first-order valence-electron chi connectivity index (χ1n) is 8.71. The van der Waals surface area contributed by atoms with Crippen molar-refractivity contribution in [1.82, 2.24) is 19.4 Å². The quantitative estimate of drug-likeness (QED) is 0.598. The second-order valence-corrected chi connectivity index (χ2v) is 6.34. The molecule has 0 aliphatic heterocycles. The van der Waals surface area contributed by atoms with Crippen LogP contribution < -0.4 is 4.74 Å². The van der Waals surface area contributed by atoms with Crippen molar-refractivity contribution in [2.24, 2.45) is 0 Å². The van der Waals surface area contributed by atoms with Crippen LogP contribution >= 0.6 is 0 Å². The molecule has 154 valence electrons. The van der Waals surface area contributed by atoms with Gasteiger partial charge >= 0.3 is 6.18 Å². The summed E-state index contributed by atoms with van der Waals surface area (Å²) in [5.41, 5.74) is -0.717. The van der Waals surface area contributed by atoms with Crippen LogP contribution in [0.5, 0.6) is 5.75 Å². The molecule has 0 radical (unpaired) electrons. The van der Waals surface area contributed by atoms with Gasteiger partial charge in [0, 0.05) is 32.5 Å². The molecule has 1 aromatic carbocycles. The highest BCUT2D eigenvalue weighted by Gasteiger charge is 2.30. The summed E-state index contributed by atoms with van der Waals surface area (Å²) in [5, 5.41) is 0. The van der Waals surface area contributed by atoms with E-state index in [1.165, 1.54) is 23.3 Å². The Morgan fingerprint density at radius 1 is 1.34 bits per heavy atom. The molecule has 7 nitrogen and oxygen atoms in total. The third-order valence-corrected chi connectivity index (χ3v) is 4.24. The first-order valence-corrected chi connectivity index (χ1v) is 8.71. The Hall–Kier alpha value is -3.30. The van der Waals surface area contributed by atoms with Crippen LogP contribution in [0, 0.1) is 6.92 Å². The normalized spacial score (nSPS) is 11.5. The number of aromatic nitrogens is 3. The number of carbonyl (C=O) groups is 1. The van der Waals surface area contributed by atoms with Crippen LogP contribution in [0.4, 0.5) is 13.2 Å². The fourth-order valence-electron chi connectivity index (χ4n) is 2.58. The Morgan fingerprint density at radius 3 is 2.83 bits per heavy atom. The number of likely N-dealkylation sites (N-methyl/N-ethyl adjacent to an activating group) is 1. The van der Waals surface area contributed by atoms with Crippen molar-refractivity contribution >= 4 is 5.91 Å². The van der Waals surface area contributed by atoms with Crippen molar-refractivity contribution in [3.63, 3.8) is 0 Å². The van der Waals surface area contributed by atoms with Crippen molar-refractivity contribution in [3.8, 4) is 5.75 Å². The minimum atomic E-state index is -4.46. The number of rotatable bonds is 7. The standard InChI is InChI=1S/C19H19F3N4O3/c1-13-23-6-7-26(13)9-8-25(2)18(27)16-11-29-17(24-16)12-28-15-5-3-4-14(10-15)19(20,21)22/h3-7,10-11H,8-9,12H2,1-2H3. The maximum atomic E-state index is 12.7. The van der Waals surface area contributed by atoms with Crippen LogP contribution in [-0.2, 0) is 19.3 Å². The van der Waals surface area contributed by atoms with E-state index >= 15 is 0 Å². The van der Waals surface area contributed by atoms with Gasteiger partial charge in [-0.1, -0.05) is 6.07 Å².